The summed E-state index contributed by atoms with van der Waals surface area (Å²) in [5, 5.41) is 11.6. The molecule has 0 saturated heterocycles. The summed E-state index contributed by atoms with van der Waals surface area (Å²) in [5.41, 5.74) is 1.62. The van der Waals surface area contributed by atoms with E-state index in [0.29, 0.717) is 21.8 Å². The zero-order valence-corrected chi connectivity index (χ0v) is 16.2. The third-order valence-corrected chi connectivity index (χ3v) is 5.14. The number of carbonyl (C=O) groups is 2. The molecule has 0 saturated carbocycles. The van der Waals surface area contributed by atoms with E-state index in [1.54, 1.807) is 35.7 Å². The number of hydrogen-bond acceptors (Lipinski definition) is 5. The number of nitrogens with zero attached hydrogens (tertiary/aromatic N) is 1. The van der Waals surface area contributed by atoms with Crippen molar-refractivity contribution in [3.05, 3.63) is 71.2 Å². The number of aliphatic carboxylic acids is 1. The highest BCUT2D eigenvalue weighted by atomic mass is 32.1. The van der Waals surface area contributed by atoms with Gasteiger partial charge in [-0.2, -0.15) is 0 Å². The molecule has 1 N–H and O–H groups in total. The molecule has 0 amide bonds. The van der Waals surface area contributed by atoms with Crippen LogP contribution in [-0.2, 0) is 16.0 Å². The van der Waals surface area contributed by atoms with Crippen LogP contribution in [-0.4, -0.2) is 28.2 Å². The zero-order valence-electron chi connectivity index (χ0n) is 15.4. The summed E-state index contributed by atoms with van der Waals surface area (Å²) < 4.78 is 40.5. The number of alkyl halides is 3. The van der Waals surface area contributed by atoms with E-state index in [-0.39, 0.29) is 24.4 Å². The van der Waals surface area contributed by atoms with Crippen LogP contribution in [0, 0.1) is 0 Å². The third kappa shape index (κ3) is 5.90. The maximum Gasteiger partial charge on any atom is 0.573 e. The summed E-state index contributed by atoms with van der Waals surface area (Å²) in [6.07, 6.45) is -4.94. The van der Waals surface area contributed by atoms with E-state index in [1.807, 2.05) is 0 Å². The number of ketones is 1. The number of hydrogen-bond donors (Lipinski definition) is 1. The molecule has 156 valence electrons. The fourth-order valence-electron chi connectivity index (χ4n) is 2.85. The average Bonchev–Trinajstić information content (AvgIpc) is 3.14. The van der Waals surface area contributed by atoms with Gasteiger partial charge in [-0.05, 0) is 29.8 Å². The summed E-state index contributed by atoms with van der Waals surface area (Å²) in [7, 11) is 0. The minimum absolute atomic E-state index is 0.0254. The van der Waals surface area contributed by atoms with Gasteiger partial charge < -0.3 is 9.84 Å². The number of carboxylic acids is 1. The smallest absolute Gasteiger partial charge is 0.481 e. The van der Waals surface area contributed by atoms with E-state index < -0.39 is 18.2 Å². The van der Waals surface area contributed by atoms with Gasteiger partial charge >= 0.3 is 12.3 Å². The Balaban J connectivity index is 1.65. The predicted octanol–water partition coefficient (Wildman–Crippen LogP) is 5.08. The molecule has 0 aliphatic heterocycles. The molecule has 0 bridgehead atoms. The lowest BCUT2D eigenvalue weighted by Crippen LogP contribution is -2.17. The van der Waals surface area contributed by atoms with Crippen LogP contribution in [0.25, 0.3) is 10.6 Å². The van der Waals surface area contributed by atoms with Gasteiger partial charge in [0.05, 0.1) is 11.6 Å². The number of ether oxygens (including phenoxy) is 1. The Kier molecular flexibility index (Phi) is 6.51. The maximum absolute atomic E-state index is 12.4. The molecular formula is C21H16F3NO4S. The molecule has 0 spiro atoms. The molecule has 0 fully saturated rings. The Hall–Kier alpha value is -3.20. The Morgan fingerprint density at radius 1 is 1.07 bits per heavy atom. The molecule has 0 radical (unpaired) electrons. The summed E-state index contributed by atoms with van der Waals surface area (Å²) in [5.74, 6) is -2.61. The average molecular weight is 435 g/mol. The van der Waals surface area contributed by atoms with Gasteiger partial charge in [-0.25, -0.2) is 4.98 Å². The number of Topliss-reactive ketones (excluding diaryl/α,β-unsaturated/α-hetero) is 1. The van der Waals surface area contributed by atoms with Gasteiger partial charge in [0.2, 0.25) is 0 Å². The van der Waals surface area contributed by atoms with Crippen molar-refractivity contribution in [2.75, 3.05) is 0 Å². The first-order valence-corrected chi connectivity index (χ1v) is 9.69. The largest absolute Gasteiger partial charge is 0.573 e. The van der Waals surface area contributed by atoms with Crippen molar-refractivity contribution in [2.45, 2.75) is 25.1 Å². The quantitative estimate of drug-likeness (QED) is 0.534. The van der Waals surface area contributed by atoms with Gasteiger partial charge in [-0.1, -0.05) is 30.3 Å². The van der Waals surface area contributed by atoms with E-state index >= 15 is 0 Å². The Morgan fingerprint density at radius 3 is 2.33 bits per heavy atom. The molecule has 3 aromatic rings. The van der Waals surface area contributed by atoms with Crippen LogP contribution in [0.5, 0.6) is 5.75 Å². The summed E-state index contributed by atoms with van der Waals surface area (Å²) in [4.78, 5) is 28.3. The molecule has 30 heavy (non-hydrogen) atoms. The van der Waals surface area contributed by atoms with Crippen molar-refractivity contribution >= 4 is 23.1 Å². The van der Waals surface area contributed by atoms with Gasteiger partial charge in [0, 0.05) is 23.8 Å². The molecule has 1 atom stereocenters. The number of carbonyl (C=O) groups excluding carboxylic acids is 1. The second-order valence-corrected chi connectivity index (χ2v) is 7.30. The minimum atomic E-state index is -4.76. The van der Waals surface area contributed by atoms with Gasteiger partial charge in [0.15, 0.2) is 0 Å². The SMILES string of the molecule is O=C(Cc1csc(-c2ccc(OC(F)(F)F)cc2)n1)C[C@H](C(=O)O)c1ccccc1. The number of thiazole rings is 1. The minimum Gasteiger partial charge on any atom is -0.481 e. The summed E-state index contributed by atoms with van der Waals surface area (Å²) >= 11 is 1.24. The maximum atomic E-state index is 12.4. The van der Waals surface area contributed by atoms with Crippen LogP contribution in [0.3, 0.4) is 0 Å². The van der Waals surface area contributed by atoms with Gasteiger partial charge in [0.25, 0.3) is 0 Å². The van der Waals surface area contributed by atoms with Gasteiger partial charge in [0.1, 0.15) is 16.5 Å². The van der Waals surface area contributed by atoms with E-state index in [2.05, 4.69) is 9.72 Å². The van der Waals surface area contributed by atoms with Crippen LogP contribution in [0.1, 0.15) is 23.6 Å². The van der Waals surface area contributed by atoms with Crippen LogP contribution in [0.4, 0.5) is 13.2 Å². The second-order valence-electron chi connectivity index (χ2n) is 6.44. The van der Waals surface area contributed by atoms with Crippen LogP contribution >= 0.6 is 11.3 Å². The lowest BCUT2D eigenvalue weighted by Gasteiger charge is -2.11. The highest BCUT2D eigenvalue weighted by molar-refractivity contribution is 7.13. The summed E-state index contributed by atoms with van der Waals surface area (Å²) in [6, 6.07) is 13.8. The van der Waals surface area contributed by atoms with E-state index in [1.165, 1.54) is 35.6 Å². The Morgan fingerprint density at radius 2 is 1.73 bits per heavy atom. The lowest BCUT2D eigenvalue weighted by molar-refractivity contribution is -0.274. The van der Waals surface area contributed by atoms with Crippen molar-refractivity contribution < 1.29 is 32.6 Å². The first-order chi connectivity index (χ1) is 14.2. The normalized spacial score (nSPS) is 12.4. The molecule has 0 aliphatic carbocycles. The number of halogens is 3. The van der Waals surface area contributed by atoms with Crippen LogP contribution in [0.2, 0.25) is 0 Å². The second kappa shape index (κ2) is 9.08. The predicted molar refractivity (Wildman–Crippen MR) is 104 cm³/mol. The third-order valence-electron chi connectivity index (χ3n) is 4.20. The number of aromatic nitrogens is 1. The van der Waals surface area contributed by atoms with Crippen molar-refractivity contribution in [1.82, 2.24) is 4.98 Å². The molecule has 9 heteroatoms. The molecule has 1 aromatic heterocycles. The van der Waals surface area contributed by atoms with Crippen LogP contribution < -0.4 is 4.74 Å². The lowest BCUT2D eigenvalue weighted by atomic mass is 9.93. The van der Waals surface area contributed by atoms with Gasteiger partial charge in [-0.3, -0.25) is 9.59 Å². The van der Waals surface area contributed by atoms with Gasteiger partial charge in [-0.15, -0.1) is 24.5 Å². The van der Waals surface area contributed by atoms with Crippen molar-refractivity contribution in [3.8, 4) is 16.3 Å². The van der Waals surface area contributed by atoms with E-state index in [9.17, 15) is 27.9 Å². The number of carboxylic acid groups (broad SMARTS) is 1. The number of benzene rings is 2. The van der Waals surface area contributed by atoms with Crippen molar-refractivity contribution in [1.29, 1.82) is 0 Å². The molecular weight excluding hydrogens is 419 g/mol. The fourth-order valence-corrected chi connectivity index (χ4v) is 3.68. The molecule has 0 unspecified atom stereocenters. The molecule has 2 aromatic carbocycles. The summed E-state index contributed by atoms with van der Waals surface area (Å²) in [6.45, 7) is 0. The topological polar surface area (TPSA) is 76.5 Å². The first kappa shape index (κ1) is 21.5. The monoisotopic (exact) mass is 435 g/mol. The molecule has 5 nitrogen and oxygen atoms in total. The standard InChI is InChI=1S/C21H16F3NO4S/c22-21(23,24)29-17-8-6-14(7-9-17)19-25-15(12-30-19)10-16(26)11-18(20(27)28)13-4-2-1-3-5-13/h1-9,12,18H,10-11H2,(H,27,28)/t18-/m0/s1. The van der Waals surface area contributed by atoms with E-state index in [4.69, 9.17) is 0 Å². The molecule has 0 aliphatic rings. The Labute approximate surface area is 173 Å². The molecule has 1 heterocycles. The highest BCUT2D eigenvalue weighted by Gasteiger charge is 2.31. The van der Waals surface area contributed by atoms with Crippen molar-refractivity contribution in [2.24, 2.45) is 0 Å². The Bertz CT molecular complexity index is 1020. The fraction of sp³-hybridized carbons (Fsp3) is 0.190. The number of rotatable bonds is 8. The zero-order chi connectivity index (χ0) is 21.7. The van der Waals surface area contributed by atoms with Crippen molar-refractivity contribution in [3.63, 3.8) is 0 Å². The molecule has 3 rings (SSSR count). The highest BCUT2D eigenvalue weighted by Crippen LogP contribution is 2.29. The van der Waals surface area contributed by atoms with Crippen LogP contribution in [0.15, 0.2) is 60.0 Å². The van der Waals surface area contributed by atoms with E-state index in [0.717, 1.165) is 0 Å². The first-order valence-electron chi connectivity index (χ1n) is 8.81.